The standard InChI is InChI=1S/C7H8O4/c1-11-7-3-5(9)4(8)2-6(7)10/h3,7,9H,2H2,1H3. The molecule has 0 aromatic heterocycles. The molecule has 0 fully saturated rings. The lowest BCUT2D eigenvalue weighted by Gasteiger charge is -2.13. The molecule has 1 rings (SSSR count). The number of methoxy groups -OCH3 is 1. The molecule has 0 aromatic carbocycles. The first-order valence-electron chi connectivity index (χ1n) is 3.14. The number of Topliss-reactive ketones (excluding diaryl/α,β-unsaturated/α-hetero) is 2. The van der Waals surface area contributed by atoms with Gasteiger partial charge in [-0.2, -0.15) is 0 Å². The van der Waals surface area contributed by atoms with Crippen LogP contribution in [0.25, 0.3) is 0 Å². The Morgan fingerprint density at radius 2 is 2.27 bits per heavy atom. The molecule has 60 valence electrons. The Morgan fingerprint density at radius 3 is 2.82 bits per heavy atom. The van der Waals surface area contributed by atoms with Gasteiger partial charge in [0, 0.05) is 7.11 Å². The maximum Gasteiger partial charge on any atom is 0.204 e. The van der Waals surface area contributed by atoms with E-state index in [2.05, 4.69) is 4.74 Å². The number of hydrogen-bond donors (Lipinski definition) is 1. The fourth-order valence-electron chi connectivity index (χ4n) is 0.878. The number of aliphatic hydroxyl groups is 1. The maximum absolute atomic E-state index is 10.9. The molecule has 0 radical (unpaired) electrons. The summed E-state index contributed by atoms with van der Waals surface area (Å²) in [6.07, 6.45) is 0.0994. The van der Waals surface area contributed by atoms with Crippen LogP contribution in [0, 0.1) is 0 Å². The van der Waals surface area contributed by atoms with Gasteiger partial charge in [-0.1, -0.05) is 0 Å². The molecule has 0 spiro atoms. The van der Waals surface area contributed by atoms with Crippen LogP contribution in [-0.4, -0.2) is 29.9 Å². The minimum absolute atomic E-state index is 0.263. The van der Waals surface area contributed by atoms with Crippen molar-refractivity contribution in [3.05, 3.63) is 11.8 Å². The molecule has 1 unspecified atom stereocenters. The average molecular weight is 156 g/mol. The van der Waals surface area contributed by atoms with Crippen LogP contribution >= 0.6 is 0 Å². The quantitative estimate of drug-likeness (QED) is 0.542. The van der Waals surface area contributed by atoms with E-state index in [0.29, 0.717) is 0 Å². The van der Waals surface area contributed by atoms with Gasteiger partial charge in [0.2, 0.25) is 5.78 Å². The summed E-state index contributed by atoms with van der Waals surface area (Å²) in [6.45, 7) is 0. The highest BCUT2D eigenvalue weighted by atomic mass is 16.5. The number of carbonyl (C=O) groups is 2. The number of rotatable bonds is 1. The first kappa shape index (κ1) is 7.94. The molecule has 1 aliphatic rings. The van der Waals surface area contributed by atoms with Crippen molar-refractivity contribution >= 4 is 11.6 Å². The Hall–Kier alpha value is -1.16. The van der Waals surface area contributed by atoms with E-state index in [1.165, 1.54) is 7.11 Å². The summed E-state index contributed by atoms with van der Waals surface area (Å²) >= 11 is 0. The van der Waals surface area contributed by atoms with E-state index in [4.69, 9.17) is 5.11 Å². The minimum Gasteiger partial charge on any atom is -0.505 e. The van der Waals surface area contributed by atoms with Crippen molar-refractivity contribution in [2.75, 3.05) is 7.11 Å². The molecule has 11 heavy (non-hydrogen) atoms. The van der Waals surface area contributed by atoms with Gasteiger partial charge in [-0.3, -0.25) is 9.59 Å². The number of ether oxygens (including phenoxy) is 1. The molecular formula is C7H8O4. The summed E-state index contributed by atoms with van der Waals surface area (Å²) in [6, 6.07) is 0. The van der Waals surface area contributed by atoms with E-state index >= 15 is 0 Å². The van der Waals surface area contributed by atoms with Gasteiger partial charge in [0.15, 0.2) is 11.5 Å². The number of allylic oxidation sites excluding steroid dienone is 1. The molecule has 4 heteroatoms. The van der Waals surface area contributed by atoms with E-state index in [-0.39, 0.29) is 18.0 Å². The zero-order chi connectivity index (χ0) is 8.43. The summed E-state index contributed by atoms with van der Waals surface area (Å²) in [5, 5.41) is 8.88. The number of carbonyl (C=O) groups excluding carboxylic acids is 2. The SMILES string of the molecule is COC1C=C(O)C(=O)CC1=O. The van der Waals surface area contributed by atoms with E-state index in [0.717, 1.165) is 6.08 Å². The summed E-state index contributed by atoms with van der Waals surface area (Å²) in [7, 11) is 1.35. The molecule has 0 saturated heterocycles. The lowest BCUT2D eigenvalue weighted by Crippen LogP contribution is -2.29. The van der Waals surface area contributed by atoms with Crippen LogP contribution in [0.4, 0.5) is 0 Å². The number of ketones is 2. The molecule has 0 aliphatic heterocycles. The number of hydrogen-bond acceptors (Lipinski definition) is 4. The summed E-state index contributed by atoms with van der Waals surface area (Å²) in [5.41, 5.74) is 0. The van der Waals surface area contributed by atoms with Crippen LogP contribution in [0.2, 0.25) is 0 Å². The minimum atomic E-state index is -0.757. The molecule has 0 amide bonds. The van der Waals surface area contributed by atoms with Crippen molar-refractivity contribution in [1.29, 1.82) is 0 Å². The van der Waals surface area contributed by atoms with Gasteiger partial charge < -0.3 is 9.84 Å². The van der Waals surface area contributed by atoms with Gasteiger partial charge in [-0.05, 0) is 6.08 Å². The van der Waals surface area contributed by atoms with Gasteiger partial charge in [0.05, 0.1) is 6.42 Å². The van der Waals surface area contributed by atoms with Crippen molar-refractivity contribution in [3.63, 3.8) is 0 Å². The Labute approximate surface area is 63.5 Å². The summed E-state index contributed by atoms with van der Waals surface area (Å²) in [5.74, 6) is -1.23. The molecule has 0 aromatic rings. The zero-order valence-corrected chi connectivity index (χ0v) is 6.03. The highest BCUT2D eigenvalue weighted by molar-refractivity contribution is 6.11. The predicted molar refractivity (Wildman–Crippen MR) is 36.1 cm³/mol. The highest BCUT2D eigenvalue weighted by Crippen LogP contribution is 2.11. The molecule has 1 aliphatic carbocycles. The van der Waals surface area contributed by atoms with Crippen LogP contribution in [0.3, 0.4) is 0 Å². The second kappa shape index (κ2) is 2.84. The lowest BCUT2D eigenvalue weighted by atomic mass is 10.0. The molecule has 4 nitrogen and oxygen atoms in total. The normalized spacial score (nSPS) is 25.2. The second-order valence-electron chi connectivity index (χ2n) is 2.27. The van der Waals surface area contributed by atoms with E-state index in [1.54, 1.807) is 0 Å². The molecule has 0 heterocycles. The Morgan fingerprint density at radius 1 is 1.64 bits per heavy atom. The molecule has 0 bridgehead atoms. The fraction of sp³-hybridized carbons (Fsp3) is 0.429. The third-order valence-corrected chi connectivity index (χ3v) is 1.50. The third kappa shape index (κ3) is 1.46. The largest absolute Gasteiger partial charge is 0.505 e. The Kier molecular flexibility index (Phi) is 2.05. The van der Waals surface area contributed by atoms with Gasteiger partial charge in [0.25, 0.3) is 0 Å². The summed E-state index contributed by atoms with van der Waals surface area (Å²) < 4.78 is 4.68. The third-order valence-electron chi connectivity index (χ3n) is 1.50. The molecule has 1 N–H and O–H groups in total. The van der Waals surface area contributed by atoms with Gasteiger partial charge >= 0.3 is 0 Å². The van der Waals surface area contributed by atoms with Crippen molar-refractivity contribution in [3.8, 4) is 0 Å². The fourth-order valence-corrected chi connectivity index (χ4v) is 0.878. The van der Waals surface area contributed by atoms with E-state index in [1.807, 2.05) is 0 Å². The van der Waals surface area contributed by atoms with Gasteiger partial charge in [-0.25, -0.2) is 0 Å². The van der Waals surface area contributed by atoms with Crippen LogP contribution < -0.4 is 0 Å². The lowest BCUT2D eigenvalue weighted by molar-refractivity contribution is -0.133. The zero-order valence-electron chi connectivity index (χ0n) is 6.03. The monoisotopic (exact) mass is 156 g/mol. The Balaban J connectivity index is 2.86. The molecule has 1 atom stereocenters. The van der Waals surface area contributed by atoms with Crippen LogP contribution in [0.1, 0.15) is 6.42 Å². The smallest absolute Gasteiger partial charge is 0.204 e. The van der Waals surface area contributed by atoms with Gasteiger partial charge in [0.1, 0.15) is 6.10 Å². The van der Waals surface area contributed by atoms with Crippen LogP contribution in [0.15, 0.2) is 11.8 Å². The van der Waals surface area contributed by atoms with Crippen molar-refractivity contribution in [2.45, 2.75) is 12.5 Å². The summed E-state index contributed by atoms with van der Waals surface area (Å²) in [4.78, 5) is 21.6. The van der Waals surface area contributed by atoms with E-state index < -0.39 is 11.9 Å². The van der Waals surface area contributed by atoms with Crippen molar-refractivity contribution in [1.82, 2.24) is 0 Å². The van der Waals surface area contributed by atoms with E-state index in [9.17, 15) is 9.59 Å². The van der Waals surface area contributed by atoms with Gasteiger partial charge in [-0.15, -0.1) is 0 Å². The first-order chi connectivity index (χ1) is 5.15. The average Bonchev–Trinajstić information content (AvgIpc) is 1.97. The number of aliphatic hydroxyl groups excluding tert-OH is 1. The van der Waals surface area contributed by atoms with Crippen molar-refractivity contribution in [2.24, 2.45) is 0 Å². The van der Waals surface area contributed by atoms with Crippen LogP contribution in [0.5, 0.6) is 0 Å². The van der Waals surface area contributed by atoms with Crippen LogP contribution in [-0.2, 0) is 14.3 Å². The molecule has 0 saturated carbocycles. The molecular weight excluding hydrogens is 148 g/mol. The second-order valence-corrected chi connectivity index (χ2v) is 2.27. The topological polar surface area (TPSA) is 63.6 Å². The maximum atomic E-state index is 10.9. The predicted octanol–water partition coefficient (Wildman–Crippen LogP) is -0.0148. The first-order valence-corrected chi connectivity index (χ1v) is 3.14. The Bertz CT molecular complexity index is 229. The van der Waals surface area contributed by atoms with Crippen molar-refractivity contribution < 1.29 is 19.4 Å². The highest BCUT2D eigenvalue weighted by Gasteiger charge is 2.27.